The Bertz CT molecular complexity index is 3970. The lowest BCUT2D eigenvalue weighted by molar-refractivity contribution is 1.25. The largest absolute Gasteiger partial charge is 0.311 e. The van der Waals surface area contributed by atoms with Crippen molar-refractivity contribution in [3.8, 4) is 32.3 Å². The summed E-state index contributed by atoms with van der Waals surface area (Å²) in [6, 6.07) is 112. The molecule has 0 saturated heterocycles. The Balaban J connectivity index is 0.795. The van der Waals surface area contributed by atoms with Crippen LogP contribution in [0.1, 0.15) is 0 Å². The Labute approximate surface area is 485 Å². The van der Waals surface area contributed by atoms with Crippen LogP contribution in [0.4, 0.5) is 68.2 Å². The molecule has 0 unspecified atom stereocenters. The normalized spacial score (nSPS) is 11.2. The molecule has 0 aliphatic rings. The summed E-state index contributed by atoms with van der Waals surface area (Å²) < 4.78 is 2.37. The lowest BCUT2D eigenvalue weighted by Crippen LogP contribution is -2.12. The fourth-order valence-corrected chi connectivity index (χ4v) is 12.6. The molecule has 0 amide bonds. The standard InChI is InChI=1S/C74H52N6S2/c1-5-17-57(18-6-1)77(58-19-7-2-8-20-58)65-45-49-67(50-46-65)79(63-41-33-55(34-42-63)73-75-69-25-13-15-27-71(69)81-73)61-37-29-53(30-38-61)54-31-39-62(40-32-54)80(64-43-35-56(36-44-64)74-76-70-26-14-16-28-72(70)82-74)68-51-47-66(48-52-68)78(59-21-9-3-10-22-59)60-23-11-4-12-24-60/h1-52H. The van der Waals surface area contributed by atoms with Crippen molar-refractivity contribution in [1.29, 1.82) is 0 Å². The zero-order valence-electron chi connectivity index (χ0n) is 44.5. The number of para-hydroxylation sites is 6. The van der Waals surface area contributed by atoms with Crippen LogP contribution in [-0.2, 0) is 0 Å². The monoisotopic (exact) mass is 1090 g/mol. The number of hydrogen-bond acceptors (Lipinski definition) is 8. The Kier molecular flexibility index (Phi) is 13.6. The van der Waals surface area contributed by atoms with E-state index >= 15 is 0 Å². The van der Waals surface area contributed by atoms with Crippen LogP contribution in [0, 0.1) is 0 Å². The average molecular weight is 1090 g/mol. The van der Waals surface area contributed by atoms with E-state index < -0.39 is 0 Å². The molecule has 82 heavy (non-hydrogen) atoms. The van der Waals surface area contributed by atoms with Gasteiger partial charge in [0.25, 0.3) is 0 Å². The van der Waals surface area contributed by atoms with Gasteiger partial charge < -0.3 is 19.6 Å². The molecule has 0 atom stereocenters. The number of fused-ring (bicyclic) bond motifs is 2. The van der Waals surface area contributed by atoms with Gasteiger partial charge in [-0.1, -0.05) is 121 Å². The topological polar surface area (TPSA) is 38.7 Å². The highest BCUT2D eigenvalue weighted by atomic mass is 32.1. The smallest absolute Gasteiger partial charge is 0.124 e. The van der Waals surface area contributed by atoms with Crippen LogP contribution in [0.3, 0.4) is 0 Å². The molecule has 0 radical (unpaired) electrons. The molecular weight excluding hydrogens is 1040 g/mol. The van der Waals surface area contributed by atoms with Crippen LogP contribution in [0.2, 0.25) is 0 Å². The van der Waals surface area contributed by atoms with Crippen molar-refractivity contribution in [1.82, 2.24) is 9.97 Å². The van der Waals surface area contributed by atoms with Crippen molar-refractivity contribution in [3.05, 3.63) is 315 Å². The van der Waals surface area contributed by atoms with E-state index in [-0.39, 0.29) is 0 Å². The molecule has 0 spiro atoms. The van der Waals surface area contributed by atoms with Crippen molar-refractivity contribution < 1.29 is 0 Å². The van der Waals surface area contributed by atoms with Gasteiger partial charge in [0.15, 0.2) is 0 Å². The minimum absolute atomic E-state index is 1.01. The van der Waals surface area contributed by atoms with Crippen molar-refractivity contribution in [2.24, 2.45) is 0 Å². The Hall–Kier alpha value is -10.4. The minimum atomic E-state index is 1.01. The summed E-state index contributed by atoms with van der Waals surface area (Å²) >= 11 is 3.44. The van der Waals surface area contributed by atoms with Crippen LogP contribution in [0.15, 0.2) is 315 Å². The second kappa shape index (κ2) is 22.4. The predicted molar refractivity (Wildman–Crippen MR) is 348 cm³/mol. The number of nitrogens with zero attached hydrogens (tertiary/aromatic N) is 6. The maximum atomic E-state index is 4.98. The first-order valence-electron chi connectivity index (χ1n) is 27.4. The maximum Gasteiger partial charge on any atom is 0.124 e. The first-order valence-corrected chi connectivity index (χ1v) is 29.0. The highest BCUT2D eigenvalue weighted by Gasteiger charge is 2.20. The Morgan fingerprint density at radius 3 is 0.622 bits per heavy atom. The quantitative estimate of drug-likeness (QED) is 0.102. The third-order valence-corrected chi connectivity index (χ3v) is 16.9. The Morgan fingerprint density at radius 1 is 0.183 bits per heavy atom. The van der Waals surface area contributed by atoms with Gasteiger partial charge in [0.05, 0.1) is 20.4 Å². The SMILES string of the molecule is c1ccc(N(c2ccccc2)c2ccc(N(c3ccc(-c4ccc(N(c5ccc(-c6nc7ccccc7s6)cc5)c5ccc(N(c6ccccc6)c6ccccc6)cc5)cc4)cc3)c3ccc(-c4nc5ccccc5s4)cc3)cc2)cc1. The molecular formula is C74H52N6S2. The van der Waals surface area contributed by atoms with Crippen molar-refractivity contribution in [2.45, 2.75) is 0 Å². The van der Waals surface area contributed by atoms with Crippen LogP contribution >= 0.6 is 22.7 Å². The van der Waals surface area contributed by atoms with E-state index in [1.54, 1.807) is 22.7 Å². The van der Waals surface area contributed by atoms with Gasteiger partial charge in [0, 0.05) is 79.4 Å². The predicted octanol–water partition coefficient (Wildman–Crippen LogP) is 21.8. The molecule has 0 fully saturated rings. The van der Waals surface area contributed by atoms with Crippen molar-refractivity contribution in [2.75, 3.05) is 19.6 Å². The van der Waals surface area contributed by atoms with E-state index in [1.807, 2.05) is 12.1 Å². The molecule has 0 bridgehead atoms. The highest BCUT2D eigenvalue weighted by molar-refractivity contribution is 7.22. The average Bonchev–Trinajstić information content (AvgIpc) is 4.30. The fourth-order valence-electron chi connectivity index (χ4n) is 10.7. The summed E-state index contributed by atoms with van der Waals surface area (Å²) in [5.74, 6) is 0. The number of rotatable bonds is 15. The van der Waals surface area contributed by atoms with Crippen LogP contribution in [0.25, 0.3) is 52.7 Å². The minimum Gasteiger partial charge on any atom is -0.311 e. The number of thiazole rings is 2. The van der Waals surface area contributed by atoms with Gasteiger partial charge in [0.1, 0.15) is 10.0 Å². The number of benzene rings is 12. The molecule has 0 saturated carbocycles. The summed E-state index contributed by atoms with van der Waals surface area (Å²) in [5, 5.41) is 2.02. The lowest BCUT2D eigenvalue weighted by Gasteiger charge is -2.28. The second-order valence-electron chi connectivity index (χ2n) is 19.9. The second-order valence-corrected chi connectivity index (χ2v) is 21.9. The summed E-state index contributed by atoms with van der Waals surface area (Å²) in [6.07, 6.45) is 0. The first-order chi connectivity index (χ1) is 40.6. The van der Waals surface area contributed by atoms with Gasteiger partial charge in [-0.2, -0.15) is 0 Å². The van der Waals surface area contributed by atoms with Crippen LogP contribution < -0.4 is 19.6 Å². The van der Waals surface area contributed by atoms with E-state index in [2.05, 4.69) is 323 Å². The third-order valence-electron chi connectivity index (χ3n) is 14.7. The van der Waals surface area contributed by atoms with Gasteiger partial charge >= 0.3 is 0 Å². The molecule has 0 aliphatic carbocycles. The number of anilines is 12. The van der Waals surface area contributed by atoms with E-state index in [1.165, 1.54) is 9.40 Å². The first kappa shape index (κ1) is 49.9. The molecule has 12 aromatic carbocycles. The van der Waals surface area contributed by atoms with E-state index in [4.69, 9.17) is 9.97 Å². The Morgan fingerprint density at radius 2 is 0.378 bits per heavy atom. The molecule has 0 aliphatic heterocycles. The molecule has 14 aromatic rings. The molecule has 2 aromatic heterocycles. The molecule has 14 rings (SSSR count). The molecule has 2 heterocycles. The van der Waals surface area contributed by atoms with Crippen LogP contribution in [0.5, 0.6) is 0 Å². The lowest BCUT2D eigenvalue weighted by atomic mass is 10.0. The van der Waals surface area contributed by atoms with Gasteiger partial charge in [-0.05, 0) is 205 Å². The fraction of sp³-hybridized carbons (Fsp3) is 0. The zero-order chi connectivity index (χ0) is 54.6. The molecule has 6 nitrogen and oxygen atoms in total. The van der Waals surface area contributed by atoms with Gasteiger partial charge in [-0.15, -0.1) is 22.7 Å². The summed E-state index contributed by atoms with van der Waals surface area (Å²) in [5.41, 5.74) is 19.3. The van der Waals surface area contributed by atoms with Gasteiger partial charge in [0.2, 0.25) is 0 Å². The van der Waals surface area contributed by atoms with E-state index in [0.717, 1.165) is 112 Å². The summed E-state index contributed by atoms with van der Waals surface area (Å²) in [6.45, 7) is 0. The summed E-state index contributed by atoms with van der Waals surface area (Å²) in [4.78, 5) is 19.2. The molecule has 8 heteroatoms. The zero-order valence-corrected chi connectivity index (χ0v) is 46.2. The maximum absolute atomic E-state index is 4.98. The highest BCUT2D eigenvalue weighted by Crippen LogP contribution is 2.44. The third kappa shape index (κ3) is 10.2. The number of hydrogen-bond donors (Lipinski definition) is 0. The molecule has 390 valence electrons. The van der Waals surface area contributed by atoms with E-state index in [0.29, 0.717) is 0 Å². The van der Waals surface area contributed by atoms with Gasteiger partial charge in [-0.3, -0.25) is 0 Å². The van der Waals surface area contributed by atoms with Crippen LogP contribution in [-0.4, -0.2) is 9.97 Å². The van der Waals surface area contributed by atoms with Crippen molar-refractivity contribution >= 4 is 111 Å². The number of aromatic nitrogens is 2. The van der Waals surface area contributed by atoms with E-state index in [9.17, 15) is 0 Å². The molecule has 0 N–H and O–H groups in total. The summed E-state index contributed by atoms with van der Waals surface area (Å²) in [7, 11) is 0. The van der Waals surface area contributed by atoms with Crippen molar-refractivity contribution in [3.63, 3.8) is 0 Å². The van der Waals surface area contributed by atoms with Gasteiger partial charge in [-0.25, -0.2) is 9.97 Å².